The van der Waals surface area contributed by atoms with Crippen molar-refractivity contribution in [1.82, 2.24) is 15.1 Å². The van der Waals surface area contributed by atoms with Gasteiger partial charge in [0.05, 0.1) is 5.92 Å². The van der Waals surface area contributed by atoms with Gasteiger partial charge in [-0.15, -0.1) is 10.2 Å². The van der Waals surface area contributed by atoms with Crippen LogP contribution in [-0.4, -0.2) is 53.2 Å². The van der Waals surface area contributed by atoms with Gasteiger partial charge in [0.1, 0.15) is 11.6 Å². The van der Waals surface area contributed by atoms with Crippen LogP contribution in [0.5, 0.6) is 0 Å². The molecule has 1 saturated carbocycles. The van der Waals surface area contributed by atoms with Gasteiger partial charge in [0.25, 0.3) is 0 Å². The van der Waals surface area contributed by atoms with Crippen LogP contribution in [0.1, 0.15) is 37.6 Å². The molecule has 2 saturated heterocycles. The lowest BCUT2D eigenvalue weighted by Crippen LogP contribution is -2.36. The molecule has 0 radical (unpaired) electrons. The van der Waals surface area contributed by atoms with Gasteiger partial charge in [-0.3, -0.25) is 14.5 Å². The second-order valence-electron chi connectivity index (χ2n) is 7.22. The molecule has 3 heterocycles. The van der Waals surface area contributed by atoms with Gasteiger partial charge in [-0.05, 0) is 31.6 Å². The van der Waals surface area contributed by atoms with Crippen LogP contribution in [0, 0.1) is 17.8 Å². The summed E-state index contributed by atoms with van der Waals surface area (Å²) in [6, 6.07) is 0. The Bertz CT molecular complexity index is 652. The SMILES string of the molecule is CCOCc1nnc(N2CC(C(=O)N3C[C@H]4CCC[C@H]4C3)CC2=O)s1. The predicted molar refractivity (Wildman–Crippen MR) is 93.1 cm³/mol. The minimum Gasteiger partial charge on any atom is -0.374 e. The molecule has 0 spiro atoms. The zero-order valence-electron chi connectivity index (χ0n) is 14.5. The second-order valence-corrected chi connectivity index (χ2v) is 8.26. The van der Waals surface area contributed by atoms with Gasteiger partial charge in [0.2, 0.25) is 16.9 Å². The van der Waals surface area contributed by atoms with E-state index in [9.17, 15) is 9.59 Å². The first-order chi connectivity index (χ1) is 12.2. The second kappa shape index (κ2) is 6.99. The smallest absolute Gasteiger partial charge is 0.229 e. The first-order valence-corrected chi connectivity index (χ1v) is 9.96. The molecule has 1 unspecified atom stereocenters. The largest absolute Gasteiger partial charge is 0.374 e. The lowest BCUT2D eigenvalue weighted by Gasteiger charge is -2.21. The Morgan fingerprint density at radius 2 is 2.00 bits per heavy atom. The van der Waals surface area contributed by atoms with Crippen LogP contribution in [-0.2, 0) is 20.9 Å². The molecule has 25 heavy (non-hydrogen) atoms. The Morgan fingerprint density at radius 1 is 1.24 bits per heavy atom. The number of aromatic nitrogens is 2. The normalized spacial score (nSPS) is 28.8. The Labute approximate surface area is 151 Å². The van der Waals surface area contributed by atoms with E-state index in [4.69, 9.17) is 4.74 Å². The Balaban J connectivity index is 1.38. The predicted octanol–water partition coefficient (Wildman–Crippen LogP) is 1.69. The lowest BCUT2D eigenvalue weighted by molar-refractivity contribution is -0.135. The highest BCUT2D eigenvalue weighted by Crippen LogP contribution is 2.39. The number of amides is 2. The Morgan fingerprint density at radius 3 is 2.72 bits per heavy atom. The van der Waals surface area contributed by atoms with E-state index in [0.29, 0.717) is 36.7 Å². The highest BCUT2D eigenvalue weighted by molar-refractivity contribution is 7.15. The van der Waals surface area contributed by atoms with Crippen LogP contribution in [0.3, 0.4) is 0 Å². The minimum atomic E-state index is -0.245. The van der Waals surface area contributed by atoms with Crippen LogP contribution in [0.15, 0.2) is 0 Å². The summed E-state index contributed by atoms with van der Waals surface area (Å²) in [5, 5.41) is 9.51. The molecule has 1 aromatic rings. The molecular weight excluding hydrogens is 340 g/mol. The fourth-order valence-corrected chi connectivity index (χ4v) is 5.14. The van der Waals surface area contributed by atoms with Gasteiger partial charge < -0.3 is 9.64 Å². The fraction of sp³-hybridized carbons (Fsp3) is 0.765. The molecule has 3 fully saturated rings. The van der Waals surface area contributed by atoms with Crippen LogP contribution in [0.2, 0.25) is 0 Å². The summed E-state index contributed by atoms with van der Waals surface area (Å²) in [4.78, 5) is 28.8. The van der Waals surface area contributed by atoms with Crippen molar-refractivity contribution in [3.63, 3.8) is 0 Å². The topological polar surface area (TPSA) is 75.6 Å². The van der Waals surface area contributed by atoms with E-state index in [1.54, 1.807) is 4.90 Å². The maximum atomic E-state index is 12.8. The average molecular weight is 364 g/mol. The van der Waals surface area contributed by atoms with E-state index in [-0.39, 0.29) is 24.2 Å². The van der Waals surface area contributed by atoms with Crippen LogP contribution >= 0.6 is 11.3 Å². The van der Waals surface area contributed by atoms with Gasteiger partial charge in [0.15, 0.2) is 0 Å². The standard InChI is InChI=1S/C17H24N4O3S/c1-2-24-10-14-18-19-17(25-14)21-9-13(6-15(21)22)16(23)20-7-11-4-3-5-12(11)8-20/h11-13H,2-10H2,1H3/t11-,12+,13?. The van der Waals surface area contributed by atoms with Crippen molar-refractivity contribution >= 4 is 28.3 Å². The maximum absolute atomic E-state index is 12.8. The molecule has 1 aromatic heterocycles. The van der Waals surface area contributed by atoms with Crippen LogP contribution < -0.4 is 4.90 Å². The molecule has 136 valence electrons. The summed E-state index contributed by atoms with van der Waals surface area (Å²) in [7, 11) is 0. The number of nitrogens with zero attached hydrogens (tertiary/aromatic N) is 4. The van der Waals surface area contributed by atoms with Crippen molar-refractivity contribution in [2.45, 2.75) is 39.2 Å². The number of fused-ring (bicyclic) bond motifs is 1. The van der Waals surface area contributed by atoms with Crippen molar-refractivity contribution < 1.29 is 14.3 Å². The quantitative estimate of drug-likeness (QED) is 0.795. The number of carbonyl (C=O) groups excluding carboxylic acids is 2. The highest BCUT2D eigenvalue weighted by atomic mass is 32.1. The number of hydrogen-bond donors (Lipinski definition) is 0. The maximum Gasteiger partial charge on any atom is 0.229 e. The lowest BCUT2D eigenvalue weighted by atomic mass is 10.0. The van der Waals surface area contributed by atoms with E-state index in [1.165, 1.54) is 30.6 Å². The number of carbonyl (C=O) groups is 2. The first kappa shape index (κ1) is 16.9. The zero-order chi connectivity index (χ0) is 17.4. The van der Waals surface area contributed by atoms with Crippen molar-refractivity contribution in [1.29, 1.82) is 0 Å². The summed E-state index contributed by atoms with van der Waals surface area (Å²) in [5.74, 6) is 1.23. The van der Waals surface area contributed by atoms with Crippen molar-refractivity contribution in [3.8, 4) is 0 Å². The van der Waals surface area contributed by atoms with E-state index in [2.05, 4.69) is 10.2 Å². The number of likely N-dealkylation sites (tertiary alicyclic amines) is 1. The van der Waals surface area contributed by atoms with Crippen molar-refractivity contribution in [2.75, 3.05) is 31.1 Å². The monoisotopic (exact) mass is 364 g/mol. The molecule has 0 aromatic carbocycles. The van der Waals surface area contributed by atoms with E-state index in [1.807, 2.05) is 11.8 Å². The Kier molecular flexibility index (Phi) is 4.73. The van der Waals surface area contributed by atoms with Crippen LogP contribution in [0.25, 0.3) is 0 Å². The molecule has 2 aliphatic heterocycles. The summed E-state index contributed by atoms with van der Waals surface area (Å²) >= 11 is 1.37. The molecule has 2 amide bonds. The third-order valence-corrected chi connectivity index (χ3v) is 6.55. The number of ether oxygens (including phenoxy) is 1. The summed E-state index contributed by atoms with van der Waals surface area (Å²) < 4.78 is 5.33. The molecule has 0 bridgehead atoms. The van der Waals surface area contributed by atoms with Crippen molar-refractivity contribution in [2.24, 2.45) is 17.8 Å². The van der Waals surface area contributed by atoms with Crippen LogP contribution in [0.4, 0.5) is 5.13 Å². The summed E-state index contributed by atoms with van der Waals surface area (Å²) in [6.07, 6.45) is 4.08. The first-order valence-electron chi connectivity index (χ1n) is 9.15. The van der Waals surface area contributed by atoms with E-state index in [0.717, 1.165) is 18.1 Å². The van der Waals surface area contributed by atoms with Gasteiger partial charge in [0, 0.05) is 32.7 Å². The molecule has 1 aliphatic carbocycles. The molecular formula is C17H24N4O3S. The molecule has 8 heteroatoms. The molecule has 0 N–H and O–H groups in total. The Hall–Kier alpha value is -1.54. The number of hydrogen-bond acceptors (Lipinski definition) is 6. The number of rotatable bonds is 5. The molecule has 3 aliphatic rings. The minimum absolute atomic E-state index is 0.0307. The third kappa shape index (κ3) is 3.29. The third-order valence-electron chi connectivity index (χ3n) is 5.63. The van der Waals surface area contributed by atoms with Gasteiger partial charge >= 0.3 is 0 Å². The molecule has 3 atom stereocenters. The fourth-order valence-electron chi connectivity index (χ4n) is 4.33. The van der Waals surface area contributed by atoms with Gasteiger partial charge in [-0.25, -0.2) is 0 Å². The van der Waals surface area contributed by atoms with Gasteiger partial charge in [-0.1, -0.05) is 17.8 Å². The molecule has 7 nitrogen and oxygen atoms in total. The highest BCUT2D eigenvalue weighted by Gasteiger charge is 2.43. The summed E-state index contributed by atoms with van der Waals surface area (Å²) in [5.41, 5.74) is 0. The molecule has 4 rings (SSSR count). The summed E-state index contributed by atoms with van der Waals surface area (Å²) in [6.45, 7) is 5.14. The van der Waals surface area contributed by atoms with E-state index < -0.39 is 0 Å². The van der Waals surface area contributed by atoms with E-state index >= 15 is 0 Å². The van der Waals surface area contributed by atoms with Gasteiger partial charge in [-0.2, -0.15) is 0 Å². The number of anilines is 1. The van der Waals surface area contributed by atoms with Crippen molar-refractivity contribution in [3.05, 3.63) is 5.01 Å². The zero-order valence-corrected chi connectivity index (χ0v) is 15.3. The average Bonchev–Trinajstić information content (AvgIpc) is 3.34.